The lowest BCUT2D eigenvalue weighted by Gasteiger charge is -2.42. The summed E-state index contributed by atoms with van der Waals surface area (Å²) in [4.78, 5) is 1.56. The Hall–Kier alpha value is 0.0500. The zero-order valence-electron chi connectivity index (χ0n) is 8.23. The van der Waals surface area contributed by atoms with Gasteiger partial charge >= 0.3 is 0 Å². The van der Waals surface area contributed by atoms with Crippen molar-refractivity contribution >= 4 is 12.4 Å². The van der Waals surface area contributed by atoms with Gasteiger partial charge < -0.3 is 25.5 Å². The lowest BCUT2D eigenvalue weighted by atomic mass is 9.94. The molecule has 0 aromatic heterocycles. The molecule has 1 saturated heterocycles. The van der Waals surface area contributed by atoms with Crippen LogP contribution in [0.1, 0.15) is 0 Å². The van der Waals surface area contributed by atoms with Crippen LogP contribution in [0.4, 0.5) is 0 Å². The second kappa shape index (κ2) is 6.59. The molecule has 0 aliphatic carbocycles. The first-order valence-corrected chi connectivity index (χ1v) is 4.61. The van der Waals surface area contributed by atoms with E-state index in [0.29, 0.717) is 0 Å². The first-order chi connectivity index (χ1) is 6.61. The molecule has 92 valence electrons. The molecule has 1 heterocycles. The highest BCUT2D eigenvalue weighted by atomic mass is 35.5. The minimum absolute atomic E-state index is 0. The smallest absolute Gasteiger partial charge is 0.109 e. The quantitative estimate of drug-likeness (QED) is 0.366. The summed E-state index contributed by atoms with van der Waals surface area (Å²) in [5.41, 5.74) is 0. The van der Waals surface area contributed by atoms with E-state index in [9.17, 15) is 15.3 Å². The first-order valence-electron chi connectivity index (χ1n) is 4.61. The summed E-state index contributed by atoms with van der Waals surface area (Å²) in [6, 6.07) is -0.624. The largest absolute Gasteiger partial charge is 0.395 e. The number of likely N-dealkylation sites (tertiary alicyclic amines) is 1. The zero-order valence-corrected chi connectivity index (χ0v) is 9.05. The number of nitrogens with zero attached hydrogens (tertiary/aromatic N) is 1. The van der Waals surface area contributed by atoms with E-state index in [2.05, 4.69) is 0 Å². The van der Waals surface area contributed by atoms with E-state index in [1.807, 2.05) is 0 Å². The topological polar surface area (TPSA) is 104 Å². The molecular formula is C8H18ClNO5. The summed E-state index contributed by atoms with van der Waals surface area (Å²) in [5, 5.41) is 45.9. The second-order valence-electron chi connectivity index (χ2n) is 3.52. The monoisotopic (exact) mass is 243 g/mol. The van der Waals surface area contributed by atoms with Gasteiger partial charge in [0.25, 0.3) is 0 Å². The number of aliphatic hydroxyl groups excluding tert-OH is 5. The maximum atomic E-state index is 9.51. The van der Waals surface area contributed by atoms with Crippen LogP contribution in [-0.2, 0) is 0 Å². The Labute approximate surface area is 94.2 Å². The fourth-order valence-corrected chi connectivity index (χ4v) is 1.76. The zero-order chi connectivity index (χ0) is 10.7. The molecule has 1 rings (SSSR count). The summed E-state index contributed by atoms with van der Waals surface area (Å²) >= 11 is 0. The molecule has 5 N–H and O–H groups in total. The van der Waals surface area contributed by atoms with E-state index < -0.39 is 24.4 Å². The third-order valence-electron chi connectivity index (χ3n) is 2.60. The average molecular weight is 244 g/mol. The van der Waals surface area contributed by atoms with E-state index in [1.54, 1.807) is 4.90 Å². The summed E-state index contributed by atoms with van der Waals surface area (Å²) in [6.45, 7) is -0.0347. The Morgan fingerprint density at radius 2 is 1.67 bits per heavy atom. The van der Waals surface area contributed by atoms with Crippen molar-refractivity contribution in [1.82, 2.24) is 4.90 Å². The van der Waals surface area contributed by atoms with Crippen LogP contribution in [0.2, 0.25) is 0 Å². The van der Waals surface area contributed by atoms with Gasteiger partial charge in [-0.2, -0.15) is 0 Å². The van der Waals surface area contributed by atoms with Crippen LogP contribution in [-0.4, -0.2) is 81.1 Å². The molecule has 6 nitrogen and oxygen atoms in total. The number of rotatable bonds is 3. The van der Waals surface area contributed by atoms with E-state index in [4.69, 9.17) is 10.2 Å². The molecule has 1 unspecified atom stereocenters. The maximum Gasteiger partial charge on any atom is 0.109 e. The number of aliphatic hydroxyl groups is 5. The molecule has 7 heteroatoms. The number of β-amino-alcohol motifs (C(OH)–C–C–N with tert-alkyl or cyclic N) is 2. The van der Waals surface area contributed by atoms with E-state index in [0.717, 1.165) is 0 Å². The SMILES string of the molecule is Cl.OCCN1C[C@@H](O)[C@@H](O)[C@@H](O)C1CO. The van der Waals surface area contributed by atoms with Crippen molar-refractivity contribution in [3.8, 4) is 0 Å². The Kier molecular flexibility index (Phi) is 6.62. The third-order valence-corrected chi connectivity index (χ3v) is 2.60. The Bertz CT molecular complexity index is 184. The Morgan fingerprint density at radius 1 is 1.07 bits per heavy atom. The Morgan fingerprint density at radius 3 is 2.13 bits per heavy atom. The Balaban J connectivity index is 0.00000196. The molecule has 0 aromatic carbocycles. The van der Waals surface area contributed by atoms with Gasteiger partial charge in [0.2, 0.25) is 0 Å². The molecule has 15 heavy (non-hydrogen) atoms. The fourth-order valence-electron chi connectivity index (χ4n) is 1.76. The molecule has 0 aromatic rings. The van der Waals surface area contributed by atoms with Crippen molar-refractivity contribution in [3.63, 3.8) is 0 Å². The van der Waals surface area contributed by atoms with Crippen molar-refractivity contribution in [2.75, 3.05) is 26.3 Å². The van der Waals surface area contributed by atoms with Crippen molar-refractivity contribution in [2.24, 2.45) is 0 Å². The average Bonchev–Trinajstić information content (AvgIpc) is 2.16. The molecule has 1 aliphatic heterocycles. The van der Waals surface area contributed by atoms with Gasteiger partial charge in [-0.25, -0.2) is 0 Å². The van der Waals surface area contributed by atoms with Crippen LogP contribution in [0.25, 0.3) is 0 Å². The van der Waals surface area contributed by atoms with Crippen molar-refractivity contribution in [1.29, 1.82) is 0 Å². The normalized spacial score (nSPS) is 37.4. The highest BCUT2D eigenvalue weighted by molar-refractivity contribution is 5.85. The van der Waals surface area contributed by atoms with Crippen LogP contribution in [0.5, 0.6) is 0 Å². The van der Waals surface area contributed by atoms with E-state index >= 15 is 0 Å². The number of hydrogen-bond acceptors (Lipinski definition) is 6. The van der Waals surface area contributed by atoms with Gasteiger partial charge in [-0.3, -0.25) is 4.90 Å². The predicted molar refractivity (Wildman–Crippen MR) is 54.8 cm³/mol. The van der Waals surface area contributed by atoms with E-state index in [-0.39, 0.29) is 38.7 Å². The lowest BCUT2D eigenvalue weighted by Crippen LogP contribution is -2.62. The molecular weight excluding hydrogens is 226 g/mol. The summed E-state index contributed by atoms with van der Waals surface area (Å²) in [6.07, 6.45) is -3.46. The van der Waals surface area contributed by atoms with Gasteiger partial charge in [0, 0.05) is 13.1 Å². The van der Waals surface area contributed by atoms with Crippen LogP contribution in [0, 0.1) is 0 Å². The fraction of sp³-hybridized carbons (Fsp3) is 1.00. The number of hydrogen-bond donors (Lipinski definition) is 5. The first kappa shape index (κ1) is 15.0. The van der Waals surface area contributed by atoms with Crippen molar-refractivity contribution in [2.45, 2.75) is 24.4 Å². The van der Waals surface area contributed by atoms with Crippen molar-refractivity contribution in [3.05, 3.63) is 0 Å². The predicted octanol–water partition coefficient (Wildman–Crippen LogP) is -2.84. The molecule has 1 fully saturated rings. The minimum Gasteiger partial charge on any atom is -0.395 e. The molecule has 1 aliphatic rings. The molecule has 0 amide bonds. The van der Waals surface area contributed by atoms with Gasteiger partial charge in [0.15, 0.2) is 0 Å². The molecule has 0 spiro atoms. The lowest BCUT2D eigenvalue weighted by molar-refractivity contribution is -0.146. The maximum absolute atomic E-state index is 9.51. The molecule has 0 saturated carbocycles. The molecule has 0 radical (unpaired) electrons. The number of halogens is 1. The summed E-state index contributed by atoms with van der Waals surface area (Å²) in [5.74, 6) is 0. The van der Waals surface area contributed by atoms with Gasteiger partial charge in [0.1, 0.15) is 12.2 Å². The summed E-state index contributed by atoms with van der Waals surface area (Å²) in [7, 11) is 0. The molecule has 4 atom stereocenters. The van der Waals surface area contributed by atoms with Crippen LogP contribution in [0.15, 0.2) is 0 Å². The summed E-state index contributed by atoms with van der Waals surface area (Å²) < 4.78 is 0. The van der Waals surface area contributed by atoms with E-state index in [1.165, 1.54) is 0 Å². The van der Waals surface area contributed by atoms with Crippen molar-refractivity contribution < 1.29 is 25.5 Å². The van der Waals surface area contributed by atoms with Gasteiger partial charge in [-0.05, 0) is 0 Å². The van der Waals surface area contributed by atoms with Gasteiger partial charge in [-0.1, -0.05) is 0 Å². The highest BCUT2D eigenvalue weighted by Crippen LogP contribution is 2.18. The minimum atomic E-state index is -1.23. The second-order valence-corrected chi connectivity index (χ2v) is 3.52. The van der Waals surface area contributed by atoms with Gasteiger partial charge in [0.05, 0.1) is 25.4 Å². The van der Waals surface area contributed by atoms with Crippen LogP contribution in [0.3, 0.4) is 0 Å². The van der Waals surface area contributed by atoms with Crippen LogP contribution < -0.4 is 0 Å². The highest BCUT2D eigenvalue weighted by Gasteiger charge is 2.40. The van der Waals surface area contributed by atoms with Gasteiger partial charge in [-0.15, -0.1) is 12.4 Å². The third kappa shape index (κ3) is 3.25. The molecule has 0 bridgehead atoms. The number of piperidine rings is 1. The van der Waals surface area contributed by atoms with Crippen LogP contribution >= 0.6 is 12.4 Å². The standard InChI is InChI=1S/C8H17NO5.ClH/c10-2-1-9-3-6(12)8(14)7(13)5(9)4-11;/h5-8,10-14H,1-4H2;1H/t5?,6-,7+,8-;/m1./s1.